The molecule has 0 amide bonds. The molecule has 0 aliphatic rings. The molecule has 6 nitrogen and oxygen atoms in total. The lowest BCUT2D eigenvalue weighted by molar-refractivity contribution is 0.628. The fraction of sp³-hybridized carbons (Fsp3) is 0.250. The molecule has 0 radical (unpaired) electrons. The first-order valence-corrected chi connectivity index (χ1v) is 5.30. The minimum atomic E-state index is 0.620. The summed E-state index contributed by atoms with van der Waals surface area (Å²) in [4.78, 5) is 5.58. The van der Waals surface area contributed by atoms with Crippen LogP contribution in [0.1, 0.15) is 5.82 Å². The van der Waals surface area contributed by atoms with Gasteiger partial charge in [-0.2, -0.15) is 4.80 Å². The van der Waals surface area contributed by atoms with Gasteiger partial charge in [0, 0.05) is 6.20 Å². The molecule has 0 saturated carbocycles. The lowest BCUT2D eigenvalue weighted by atomic mass is 10.4. The largest absolute Gasteiger partial charge is 0.397 e. The monoisotopic (exact) mass is 222 g/mol. The van der Waals surface area contributed by atoms with Gasteiger partial charge in [0.05, 0.1) is 18.5 Å². The SMILES string of the molecule is Cn1nnc(CSc2ncccc2N)n1. The molecule has 0 fully saturated rings. The first kappa shape index (κ1) is 9.91. The smallest absolute Gasteiger partial charge is 0.185 e. The molecular weight excluding hydrogens is 212 g/mol. The van der Waals surface area contributed by atoms with Crippen molar-refractivity contribution in [2.45, 2.75) is 10.8 Å². The fourth-order valence-corrected chi connectivity index (χ4v) is 1.79. The Kier molecular flexibility index (Phi) is 2.82. The molecule has 2 aromatic heterocycles. The van der Waals surface area contributed by atoms with Crippen LogP contribution in [0.4, 0.5) is 5.69 Å². The van der Waals surface area contributed by atoms with Crippen LogP contribution in [0.15, 0.2) is 23.4 Å². The Bertz CT molecular complexity index is 454. The summed E-state index contributed by atoms with van der Waals surface area (Å²) >= 11 is 1.50. The van der Waals surface area contributed by atoms with Crippen molar-refractivity contribution in [1.82, 2.24) is 25.2 Å². The highest BCUT2D eigenvalue weighted by Crippen LogP contribution is 2.23. The van der Waals surface area contributed by atoms with Gasteiger partial charge in [0.2, 0.25) is 0 Å². The van der Waals surface area contributed by atoms with Gasteiger partial charge in [-0.25, -0.2) is 4.98 Å². The topological polar surface area (TPSA) is 82.5 Å². The highest BCUT2D eigenvalue weighted by molar-refractivity contribution is 7.98. The lowest BCUT2D eigenvalue weighted by Crippen LogP contribution is -1.94. The van der Waals surface area contributed by atoms with Gasteiger partial charge >= 0.3 is 0 Å². The number of hydrogen-bond donors (Lipinski definition) is 1. The third-order valence-corrected chi connectivity index (χ3v) is 2.71. The number of nitrogens with zero attached hydrogens (tertiary/aromatic N) is 5. The average molecular weight is 222 g/mol. The van der Waals surface area contributed by atoms with Crippen LogP contribution in [0.2, 0.25) is 0 Å². The van der Waals surface area contributed by atoms with Gasteiger partial charge < -0.3 is 5.73 Å². The van der Waals surface area contributed by atoms with Crippen LogP contribution in [0, 0.1) is 0 Å². The van der Waals surface area contributed by atoms with E-state index in [-0.39, 0.29) is 0 Å². The molecule has 15 heavy (non-hydrogen) atoms. The van der Waals surface area contributed by atoms with E-state index in [0.717, 1.165) is 5.03 Å². The Morgan fingerprint density at radius 1 is 1.53 bits per heavy atom. The van der Waals surface area contributed by atoms with Crippen molar-refractivity contribution in [3.63, 3.8) is 0 Å². The number of aromatic nitrogens is 5. The zero-order valence-corrected chi connectivity index (χ0v) is 8.98. The predicted molar refractivity (Wildman–Crippen MR) is 57.0 cm³/mol. The third-order valence-electron chi connectivity index (χ3n) is 1.69. The van der Waals surface area contributed by atoms with Gasteiger partial charge in [-0.3, -0.25) is 0 Å². The van der Waals surface area contributed by atoms with Crippen LogP contribution < -0.4 is 5.73 Å². The summed E-state index contributed by atoms with van der Waals surface area (Å²) in [6.45, 7) is 0. The Morgan fingerprint density at radius 2 is 2.40 bits per heavy atom. The van der Waals surface area contributed by atoms with Crippen LogP contribution in [-0.4, -0.2) is 25.2 Å². The molecule has 0 aliphatic heterocycles. The molecule has 0 bridgehead atoms. The van der Waals surface area contributed by atoms with Crippen molar-refractivity contribution >= 4 is 17.4 Å². The second-order valence-corrected chi connectivity index (χ2v) is 3.85. The van der Waals surface area contributed by atoms with Gasteiger partial charge in [0.1, 0.15) is 5.03 Å². The maximum absolute atomic E-state index is 5.74. The molecule has 0 aliphatic carbocycles. The van der Waals surface area contributed by atoms with E-state index in [9.17, 15) is 0 Å². The number of pyridine rings is 1. The number of hydrogen-bond acceptors (Lipinski definition) is 6. The van der Waals surface area contributed by atoms with E-state index in [2.05, 4.69) is 20.4 Å². The molecule has 0 atom stereocenters. The number of nitrogen functional groups attached to an aromatic ring is 1. The minimum Gasteiger partial charge on any atom is -0.397 e. The van der Waals surface area contributed by atoms with Crippen molar-refractivity contribution in [3.05, 3.63) is 24.2 Å². The maximum Gasteiger partial charge on any atom is 0.185 e. The Morgan fingerprint density at radius 3 is 3.07 bits per heavy atom. The first-order valence-electron chi connectivity index (χ1n) is 4.32. The van der Waals surface area contributed by atoms with Gasteiger partial charge in [-0.05, 0) is 17.3 Å². The van der Waals surface area contributed by atoms with Crippen molar-refractivity contribution < 1.29 is 0 Å². The molecule has 0 saturated heterocycles. The van der Waals surface area contributed by atoms with Crippen LogP contribution in [0.25, 0.3) is 0 Å². The third kappa shape index (κ3) is 2.44. The molecule has 0 spiro atoms. The van der Waals surface area contributed by atoms with Crippen LogP contribution >= 0.6 is 11.8 Å². The Hall–Kier alpha value is -1.63. The van der Waals surface area contributed by atoms with E-state index in [1.165, 1.54) is 16.6 Å². The molecule has 0 unspecified atom stereocenters. The van der Waals surface area contributed by atoms with Crippen LogP contribution in [-0.2, 0) is 12.8 Å². The van der Waals surface area contributed by atoms with Gasteiger partial charge in [-0.15, -0.1) is 10.2 Å². The molecule has 78 valence electrons. The molecular formula is C8H10N6S. The van der Waals surface area contributed by atoms with Gasteiger partial charge in [-0.1, -0.05) is 11.8 Å². The van der Waals surface area contributed by atoms with Gasteiger partial charge in [0.15, 0.2) is 5.82 Å². The number of rotatable bonds is 3. The summed E-state index contributed by atoms with van der Waals surface area (Å²) < 4.78 is 0. The molecule has 0 aromatic carbocycles. The van der Waals surface area contributed by atoms with E-state index >= 15 is 0 Å². The van der Waals surface area contributed by atoms with E-state index in [1.54, 1.807) is 19.3 Å². The molecule has 2 N–H and O–H groups in total. The second-order valence-electron chi connectivity index (χ2n) is 2.88. The maximum atomic E-state index is 5.74. The number of tetrazole rings is 1. The highest BCUT2D eigenvalue weighted by atomic mass is 32.2. The van der Waals surface area contributed by atoms with E-state index in [0.29, 0.717) is 17.3 Å². The average Bonchev–Trinajstić information content (AvgIpc) is 2.63. The van der Waals surface area contributed by atoms with E-state index < -0.39 is 0 Å². The quantitative estimate of drug-likeness (QED) is 0.760. The van der Waals surface area contributed by atoms with Crippen molar-refractivity contribution in [2.24, 2.45) is 7.05 Å². The zero-order chi connectivity index (χ0) is 10.7. The van der Waals surface area contributed by atoms with Crippen molar-refractivity contribution in [3.8, 4) is 0 Å². The second kappa shape index (κ2) is 4.26. The van der Waals surface area contributed by atoms with E-state index in [4.69, 9.17) is 5.73 Å². The Labute approximate surface area is 90.9 Å². The highest BCUT2D eigenvalue weighted by Gasteiger charge is 2.04. The molecule has 2 rings (SSSR count). The summed E-state index contributed by atoms with van der Waals surface area (Å²) in [6.07, 6.45) is 1.71. The normalized spacial score (nSPS) is 10.5. The summed E-state index contributed by atoms with van der Waals surface area (Å²) in [5, 5.41) is 12.5. The summed E-state index contributed by atoms with van der Waals surface area (Å²) in [6, 6.07) is 3.62. The van der Waals surface area contributed by atoms with Crippen LogP contribution in [0.5, 0.6) is 0 Å². The Balaban J connectivity index is 2.02. The fourth-order valence-electron chi connectivity index (χ4n) is 1.04. The molecule has 2 heterocycles. The standard InChI is InChI=1S/C8H10N6S/c1-14-12-7(11-13-14)5-15-8-6(9)3-2-4-10-8/h2-4H,5,9H2,1H3. The first-order chi connectivity index (χ1) is 7.25. The summed E-state index contributed by atoms with van der Waals surface area (Å²) in [7, 11) is 1.73. The number of nitrogens with two attached hydrogens (primary N) is 1. The van der Waals surface area contributed by atoms with E-state index in [1.807, 2.05) is 6.07 Å². The predicted octanol–water partition coefficient (Wildman–Crippen LogP) is 0.480. The summed E-state index contributed by atoms with van der Waals surface area (Å²) in [5.41, 5.74) is 6.42. The number of thioether (sulfide) groups is 1. The zero-order valence-electron chi connectivity index (χ0n) is 8.16. The number of anilines is 1. The van der Waals surface area contributed by atoms with Crippen molar-refractivity contribution in [1.29, 1.82) is 0 Å². The molecule has 2 aromatic rings. The van der Waals surface area contributed by atoms with Gasteiger partial charge in [0.25, 0.3) is 0 Å². The van der Waals surface area contributed by atoms with Crippen LogP contribution in [0.3, 0.4) is 0 Å². The molecule has 7 heteroatoms. The minimum absolute atomic E-state index is 0.620. The van der Waals surface area contributed by atoms with Crippen molar-refractivity contribution in [2.75, 3.05) is 5.73 Å². The number of aryl methyl sites for hydroxylation is 1. The summed E-state index contributed by atoms with van der Waals surface area (Å²) in [5.74, 6) is 1.29. The lowest BCUT2D eigenvalue weighted by Gasteiger charge is -2.00.